The van der Waals surface area contributed by atoms with Gasteiger partial charge in [0.25, 0.3) is 0 Å². The van der Waals surface area contributed by atoms with Gasteiger partial charge in [-0.2, -0.15) is 5.26 Å². The topological polar surface area (TPSA) is 50.1 Å². The molecular weight excluding hydrogens is 250 g/mol. The molecule has 0 aliphatic heterocycles. The predicted octanol–water partition coefficient (Wildman–Crippen LogP) is 3.43. The van der Waals surface area contributed by atoms with Crippen LogP contribution in [0.4, 0.5) is 0 Å². The van der Waals surface area contributed by atoms with Gasteiger partial charge in [0.15, 0.2) is 0 Å². The maximum atomic E-state index is 11.8. The molecule has 0 saturated carbocycles. The lowest BCUT2D eigenvalue weighted by molar-refractivity contribution is 0.0734. The molecule has 0 fully saturated rings. The van der Waals surface area contributed by atoms with E-state index in [4.69, 9.17) is 21.6 Å². The number of nitriles is 1. The van der Waals surface area contributed by atoms with Crippen LogP contribution in [0, 0.1) is 11.3 Å². The molecule has 0 spiro atoms. The lowest BCUT2D eigenvalue weighted by Crippen LogP contribution is -2.08. The largest absolute Gasteiger partial charge is 0.423 e. The molecule has 0 heterocycles. The van der Waals surface area contributed by atoms with Crippen LogP contribution >= 0.6 is 11.6 Å². The second kappa shape index (κ2) is 5.35. The molecule has 0 radical (unpaired) electrons. The van der Waals surface area contributed by atoms with E-state index < -0.39 is 5.97 Å². The third-order valence-electron chi connectivity index (χ3n) is 2.25. The second-order valence-corrected chi connectivity index (χ2v) is 3.97. The Morgan fingerprint density at radius 1 is 1.17 bits per heavy atom. The zero-order chi connectivity index (χ0) is 13.0. The van der Waals surface area contributed by atoms with E-state index >= 15 is 0 Å². The highest BCUT2D eigenvalue weighted by molar-refractivity contribution is 6.30. The van der Waals surface area contributed by atoms with Crippen molar-refractivity contribution in [3.63, 3.8) is 0 Å². The van der Waals surface area contributed by atoms with Gasteiger partial charge in [-0.1, -0.05) is 17.7 Å². The van der Waals surface area contributed by atoms with Crippen molar-refractivity contribution in [3.05, 3.63) is 64.7 Å². The number of esters is 1. The van der Waals surface area contributed by atoms with Gasteiger partial charge in [-0.3, -0.25) is 0 Å². The molecule has 2 aromatic carbocycles. The summed E-state index contributed by atoms with van der Waals surface area (Å²) in [5.41, 5.74) is 0.754. The minimum atomic E-state index is -0.505. The van der Waals surface area contributed by atoms with Crippen LogP contribution < -0.4 is 4.74 Å². The number of halogens is 1. The molecule has 0 unspecified atom stereocenters. The van der Waals surface area contributed by atoms with Crippen LogP contribution in [0.15, 0.2) is 48.5 Å². The van der Waals surface area contributed by atoms with Gasteiger partial charge in [0.2, 0.25) is 0 Å². The number of benzene rings is 2. The maximum Gasteiger partial charge on any atom is 0.343 e. The lowest BCUT2D eigenvalue weighted by Gasteiger charge is -2.04. The van der Waals surface area contributed by atoms with Crippen molar-refractivity contribution in [2.45, 2.75) is 0 Å². The first-order valence-electron chi connectivity index (χ1n) is 5.17. The summed E-state index contributed by atoms with van der Waals surface area (Å²) in [5.74, 6) is -0.0961. The number of nitrogens with zero attached hydrogens (tertiary/aromatic N) is 1. The summed E-state index contributed by atoms with van der Waals surface area (Å²) in [6, 6.07) is 14.8. The van der Waals surface area contributed by atoms with E-state index in [1.54, 1.807) is 42.5 Å². The average molecular weight is 258 g/mol. The minimum Gasteiger partial charge on any atom is -0.423 e. The fraction of sp³-hybridized carbons (Fsp3) is 0. The number of carbonyl (C=O) groups is 1. The first-order chi connectivity index (χ1) is 8.69. The van der Waals surface area contributed by atoms with Crippen molar-refractivity contribution in [2.75, 3.05) is 0 Å². The average Bonchev–Trinajstić information content (AvgIpc) is 2.41. The molecule has 0 amide bonds. The molecule has 0 atom stereocenters. The van der Waals surface area contributed by atoms with E-state index in [0.717, 1.165) is 0 Å². The van der Waals surface area contributed by atoms with Gasteiger partial charge in [0, 0.05) is 5.02 Å². The van der Waals surface area contributed by atoms with Crippen LogP contribution in [-0.4, -0.2) is 5.97 Å². The third kappa shape index (κ3) is 2.88. The summed E-state index contributed by atoms with van der Waals surface area (Å²) in [5, 5.41) is 9.32. The van der Waals surface area contributed by atoms with Crippen LogP contribution in [0.3, 0.4) is 0 Å². The molecular formula is C14H8ClNO2. The van der Waals surface area contributed by atoms with E-state index in [0.29, 0.717) is 21.9 Å². The molecule has 2 aromatic rings. The van der Waals surface area contributed by atoms with Crippen LogP contribution in [0.2, 0.25) is 5.02 Å². The third-order valence-corrected chi connectivity index (χ3v) is 2.50. The Morgan fingerprint density at radius 3 is 2.56 bits per heavy atom. The summed E-state index contributed by atoms with van der Waals surface area (Å²) in [7, 11) is 0. The summed E-state index contributed by atoms with van der Waals surface area (Å²) in [6.45, 7) is 0. The molecule has 3 nitrogen and oxygen atoms in total. The second-order valence-electron chi connectivity index (χ2n) is 3.54. The van der Waals surface area contributed by atoms with Crippen molar-refractivity contribution in [1.82, 2.24) is 0 Å². The molecule has 0 aliphatic carbocycles. The monoisotopic (exact) mass is 257 g/mol. The summed E-state index contributed by atoms with van der Waals surface area (Å²) in [4.78, 5) is 11.8. The Morgan fingerprint density at radius 2 is 1.89 bits per heavy atom. The van der Waals surface area contributed by atoms with E-state index in [1.165, 1.54) is 6.07 Å². The predicted molar refractivity (Wildman–Crippen MR) is 67.6 cm³/mol. The quantitative estimate of drug-likeness (QED) is 0.612. The van der Waals surface area contributed by atoms with Gasteiger partial charge in [-0.15, -0.1) is 0 Å². The standard InChI is InChI=1S/C14H8ClNO2/c15-12-4-6-13(7-5-12)18-14(17)11-3-1-2-10(8-11)9-16/h1-8H. The number of hydrogen-bond donors (Lipinski definition) is 0. The zero-order valence-corrected chi connectivity index (χ0v) is 10.0. The number of hydrogen-bond acceptors (Lipinski definition) is 3. The minimum absolute atomic E-state index is 0.337. The van der Waals surface area contributed by atoms with E-state index in [2.05, 4.69) is 0 Å². The Kier molecular flexibility index (Phi) is 3.61. The number of carbonyl (C=O) groups excluding carboxylic acids is 1. The molecule has 4 heteroatoms. The molecule has 0 saturated heterocycles. The smallest absolute Gasteiger partial charge is 0.343 e. The van der Waals surface area contributed by atoms with Crippen LogP contribution in [0.25, 0.3) is 0 Å². The van der Waals surface area contributed by atoms with Crippen molar-refractivity contribution >= 4 is 17.6 Å². The van der Waals surface area contributed by atoms with Crippen molar-refractivity contribution in [3.8, 4) is 11.8 Å². The Bertz CT molecular complexity index is 614. The van der Waals surface area contributed by atoms with Gasteiger partial charge < -0.3 is 4.74 Å². The first-order valence-corrected chi connectivity index (χ1v) is 5.55. The highest BCUT2D eigenvalue weighted by Gasteiger charge is 2.08. The summed E-state index contributed by atoms with van der Waals surface area (Å²) in [6.07, 6.45) is 0. The summed E-state index contributed by atoms with van der Waals surface area (Å²) >= 11 is 5.73. The Hall–Kier alpha value is -2.31. The van der Waals surface area contributed by atoms with Crippen molar-refractivity contribution < 1.29 is 9.53 Å². The fourth-order valence-corrected chi connectivity index (χ4v) is 1.51. The molecule has 18 heavy (non-hydrogen) atoms. The zero-order valence-electron chi connectivity index (χ0n) is 9.26. The molecule has 0 N–H and O–H groups in total. The molecule has 88 valence electrons. The van der Waals surface area contributed by atoms with Crippen LogP contribution in [0.5, 0.6) is 5.75 Å². The fourth-order valence-electron chi connectivity index (χ4n) is 1.38. The van der Waals surface area contributed by atoms with Crippen LogP contribution in [0.1, 0.15) is 15.9 Å². The van der Waals surface area contributed by atoms with E-state index in [1.807, 2.05) is 6.07 Å². The highest BCUT2D eigenvalue weighted by Crippen LogP contribution is 2.17. The SMILES string of the molecule is N#Cc1cccc(C(=O)Oc2ccc(Cl)cc2)c1. The van der Waals surface area contributed by atoms with Crippen molar-refractivity contribution in [1.29, 1.82) is 5.26 Å². The van der Waals surface area contributed by atoms with Gasteiger partial charge >= 0.3 is 5.97 Å². The van der Waals surface area contributed by atoms with E-state index in [-0.39, 0.29) is 0 Å². The van der Waals surface area contributed by atoms with Crippen molar-refractivity contribution in [2.24, 2.45) is 0 Å². The molecule has 0 aromatic heterocycles. The maximum absolute atomic E-state index is 11.8. The molecule has 0 bridgehead atoms. The lowest BCUT2D eigenvalue weighted by atomic mass is 10.1. The molecule has 2 rings (SSSR count). The normalized spacial score (nSPS) is 9.56. The van der Waals surface area contributed by atoms with Gasteiger partial charge in [-0.05, 0) is 42.5 Å². The number of ether oxygens (including phenoxy) is 1. The van der Waals surface area contributed by atoms with Gasteiger partial charge in [-0.25, -0.2) is 4.79 Å². The van der Waals surface area contributed by atoms with Gasteiger partial charge in [0.1, 0.15) is 5.75 Å². The van der Waals surface area contributed by atoms with Crippen LogP contribution in [-0.2, 0) is 0 Å². The number of rotatable bonds is 2. The first kappa shape index (κ1) is 12.2. The Labute approximate surface area is 109 Å². The highest BCUT2D eigenvalue weighted by atomic mass is 35.5. The summed E-state index contributed by atoms with van der Waals surface area (Å²) < 4.78 is 5.15. The molecule has 0 aliphatic rings. The van der Waals surface area contributed by atoms with Gasteiger partial charge in [0.05, 0.1) is 17.2 Å². The Balaban J connectivity index is 2.17. The van der Waals surface area contributed by atoms with E-state index in [9.17, 15) is 4.79 Å².